The van der Waals surface area contributed by atoms with Crippen molar-refractivity contribution >= 4 is 57.3 Å². The molecule has 0 spiro atoms. The lowest BCUT2D eigenvalue weighted by Crippen LogP contribution is -2.30. The van der Waals surface area contributed by atoms with E-state index < -0.39 is 5.97 Å². The summed E-state index contributed by atoms with van der Waals surface area (Å²) in [6.07, 6.45) is 0. The minimum absolute atomic E-state index is 0.0491. The summed E-state index contributed by atoms with van der Waals surface area (Å²) < 4.78 is 5.09. The van der Waals surface area contributed by atoms with Gasteiger partial charge in [-0.25, -0.2) is 4.79 Å². The summed E-state index contributed by atoms with van der Waals surface area (Å²) in [7, 11) is 3.27. The highest BCUT2D eigenvalue weighted by Crippen LogP contribution is 2.33. The molecule has 7 nitrogen and oxygen atoms in total. The largest absolute Gasteiger partial charge is 0.462 e. The molecule has 1 heterocycles. The zero-order valence-electron chi connectivity index (χ0n) is 17.1. The fraction of sp³-hybridized carbons (Fsp3) is 0.350. The Balaban J connectivity index is 2.16. The van der Waals surface area contributed by atoms with E-state index in [9.17, 15) is 14.4 Å². The van der Waals surface area contributed by atoms with Gasteiger partial charge in [0.05, 0.1) is 23.6 Å². The molecule has 0 saturated heterocycles. The number of esters is 1. The number of benzene rings is 1. The lowest BCUT2D eigenvalue weighted by molar-refractivity contribution is -0.117. The van der Waals surface area contributed by atoms with Crippen molar-refractivity contribution in [2.45, 2.75) is 20.4 Å². The average Bonchev–Trinajstić information content (AvgIpc) is 2.99. The van der Waals surface area contributed by atoms with Crippen molar-refractivity contribution in [3.63, 3.8) is 0 Å². The Labute approximate surface area is 189 Å². The molecule has 1 aromatic carbocycles. The molecule has 0 unspecified atom stereocenters. The highest BCUT2D eigenvalue weighted by Gasteiger charge is 2.26. The van der Waals surface area contributed by atoms with Crippen LogP contribution in [0, 0.1) is 6.92 Å². The summed E-state index contributed by atoms with van der Waals surface area (Å²) in [5.74, 6) is -1.26. The Morgan fingerprint density at radius 2 is 1.93 bits per heavy atom. The van der Waals surface area contributed by atoms with E-state index >= 15 is 0 Å². The van der Waals surface area contributed by atoms with Gasteiger partial charge in [-0.1, -0.05) is 29.3 Å². The van der Waals surface area contributed by atoms with E-state index in [1.807, 2.05) is 0 Å². The maximum atomic E-state index is 12.6. The third kappa shape index (κ3) is 5.95. The number of amides is 2. The van der Waals surface area contributed by atoms with Crippen LogP contribution in [-0.4, -0.2) is 49.9 Å². The smallest absolute Gasteiger partial charge is 0.341 e. The number of ether oxygens (including phenoxy) is 1. The number of halogens is 2. The van der Waals surface area contributed by atoms with Gasteiger partial charge >= 0.3 is 5.97 Å². The minimum Gasteiger partial charge on any atom is -0.462 e. The number of carbonyl (C=O) groups is 3. The van der Waals surface area contributed by atoms with Crippen LogP contribution in [0.4, 0.5) is 5.00 Å². The van der Waals surface area contributed by atoms with Crippen LogP contribution in [0.5, 0.6) is 0 Å². The highest BCUT2D eigenvalue weighted by atomic mass is 35.5. The Kier molecular flexibility index (Phi) is 8.66. The van der Waals surface area contributed by atoms with Gasteiger partial charge in [-0.15, -0.1) is 11.3 Å². The molecular formula is C20H23Cl2N3O4S. The van der Waals surface area contributed by atoms with Gasteiger partial charge in [0.2, 0.25) is 5.91 Å². The van der Waals surface area contributed by atoms with E-state index in [1.165, 1.54) is 7.05 Å². The Morgan fingerprint density at radius 1 is 1.23 bits per heavy atom. The molecular weight excluding hydrogens is 449 g/mol. The first-order valence-corrected chi connectivity index (χ1v) is 10.7. The van der Waals surface area contributed by atoms with Crippen LogP contribution >= 0.6 is 34.5 Å². The topological polar surface area (TPSA) is 87.7 Å². The third-order valence-corrected chi connectivity index (χ3v) is 5.97. The van der Waals surface area contributed by atoms with Gasteiger partial charge in [-0.2, -0.15) is 0 Å². The van der Waals surface area contributed by atoms with Gasteiger partial charge in [-0.3, -0.25) is 14.5 Å². The number of hydrogen-bond donors (Lipinski definition) is 2. The fourth-order valence-electron chi connectivity index (χ4n) is 2.79. The van der Waals surface area contributed by atoms with Crippen LogP contribution < -0.4 is 10.6 Å². The van der Waals surface area contributed by atoms with Crippen LogP contribution in [0.1, 0.15) is 38.1 Å². The lowest BCUT2D eigenvalue weighted by Gasteiger charge is -2.17. The number of rotatable bonds is 8. The molecule has 0 aliphatic heterocycles. The molecule has 1 aromatic heterocycles. The molecule has 2 aromatic rings. The zero-order chi connectivity index (χ0) is 22.4. The van der Waals surface area contributed by atoms with Gasteiger partial charge in [0.15, 0.2) is 0 Å². The molecule has 0 fully saturated rings. The highest BCUT2D eigenvalue weighted by molar-refractivity contribution is 7.18. The lowest BCUT2D eigenvalue weighted by atomic mass is 10.1. The van der Waals surface area contributed by atoms with Crippen molar-refractivity contribution in [2.75, 3.05) is 32.6 Å². The molecule has 2 rings (SSSR count). The predicted octanol–water partition coefficient (Wildman–Crippen LogP) is 3.97. The summed E-state index contributed by atoms with van der Waals surface area (Å²) in [6, 6.07) is 5.18. The van der Waals surface area contributed by atoms with Gasteiger partial charge in [-0.05, 0) is 44.2 Å². The Hall–Kier alpha value is -2.13. The van der Waals surface area contributed by atoms with E-state index in [2.05, 4.69) is 10.6 Å². The number of carbonyl (C=O) groups excluding carboxylic acids is 3. The zero-order valence-corrected chi connectivity index (χ0v) is 19.4. The molecule has 0 aliphatic rings. The van der Waals surface area contributed by atoms with Gasteiger partial charge in [0.1, 0.15) is 5.00 Å². The van der Waals surface area contributed by atoms with Crippen molar-refractivity contribution < 1.29 is 19.1 Å². The van der Waals surface area contributed by atoms with Gasteiger partial charge in [0.25, 0.3) is 5.91 Å². The van der Waals surface area contributed by atoms with Crippen LogP contribution in [0.3, 0.4) is 0 Å². The molecule has 0 saturated carbocycles. The van der Waals surface area contributed by atoms with Crippen LogP contribution in [-0.2, 0) is 16.1 Å². The molecule has 30 heavy (non-hydrogen) atoms. The summed E-state index contributed by atoms with van der Waals surface area (Å²) in [4.78, 5) is 39.2. The SMILES string of the molecule is CCOC(=O)c1c(NC(=O)CN(C)Cc2ccc(Cl)cc2Cl)sc(C(=O)NC)c1C. The normalized spacial score (nSPS) is 10.8. The number of likely N-dealkylation sites (N-methyl/N-ethyl adjacent to an activating group) is 1. The molecule has 0 atom stereocenters. The maximum Gasteiger partial charge on any atom is 0.341 e. The van der Waals surface area contributed by atoms with E-state index in [-0.39, 0.29) is 35.5 Å². The third-order valence-electron chi connectivity index (χ3n) is 4.18. The van der Waals surface area contributed by atoms with Crippen molar-refractivity contribution in [2.24, 2.45) is 0 Å². The molecule has 10 heteroatoms. The number of nitrogens with zero attached hydrogens (tertiary/aromatic N) is 1. The molecule has 2 amide bonds. The minimum atomic E-state index is -0.585. The first-order valence-electron chi connectivity index (χ1n) is 9.12. The second-order valence-corrected chi connectivity index (χ2v) is 8.38. The van der Waals surface area contributed by atoms with E-state index in [0.29, 0.717) is 27.0 Å². The molecule has 0 bridgehead atoms. The average molecular weight is 472 g/mol. The number of hydrogen-bond acceptors (Lipinski definition) is 6. The summed E-state index contributed by atoms with van der Waals surface area (Å²) in [6.45, 7) is 4.00. The first-order chi connectivity index (χ1) is 14.2. The molecule has 0 aliphatic carbocycles. The Morgan fingerprint density at radius 3 is 2.53 bits per heavy atom. The van der Waals surface area contributed by atoms with E-state index in [4.69, 9.17) is 27.9 Å². The van der Waals surface area contributed by atoms with Gasteiger partial charge in [0, 0.05) is 23.6 Å². The van der Waals surface area contributed by atoms with E-state index in [0.717, 1.165) is 16.9 Å². The van der Waals surface area contributed by atoms with Crippen molar-refractivity contribution in [3.05, 3.63) is 49.8 Å². The second-order valence-electron chi connectivity index (χ2n) is 6.52. The second kappa shape index (κ2) is 10.8. The predicted molar refractivity (Wildman–Crippen MR) is 120 cm³/mol. The monoisotopic (exact) mass is 471 g/mol. The summed E-state index contributed by atoms with van der Waals surface area (Å²) >= 11 is 13.1. The van der Waals surface area contributed by atoms with Gasteiger partial charge < -0.3 is 15.4 Å². The van der Waals surface area contributed by atoms with Crippen molar-refractivity contribution in [3.8, 4) is 0 Å². The molecule has 162 valence electrons. The van der Waals surface area contributed by atoms with Crippen molar-refractivity contribution in [1.82, 2.24) is 10.2 Å². The number of anilines is 1. The van der Waals surface area contributed by atoms with Crippen LogP contribution in [0.2, 0.25) is 10.0 Å². The summed E-state index contributed by atoms with van der Waals surface area (Å²) in [5.41, 5.74) is 1.49. The summed E-state index contributed by atoms with van der Waals surface area (Å²) in [5, 5.41) is 6.61. The standard InChI is InChI=1S/C20H23Cl2N3O4S/c1-5-29-20(28)16-11(2)17(18(27)23-3)30-19(16)24-15(26)10-25(4)9-12-6-7-13(21)8-14(12)22/h6-8H,5,9-10H2,1-4H3,(H,23,27)(H,24,26). The van der Waals surface area contributed by atoms with Crippen molar-refractivity contribution in [1.29, 1.82) is 0 Å². The fourth-order valence-corrected chi connectivity index (χ4v) is 4.41. The number of nitrogens with one attached hydrogen (secondary N) is 2. The van der Waals surface area contributed by atoms with Crippen LogP contribution in [0.15, 0.2) is 18.2 Å². The quantitative estimate of drug-likeness (QED) is 0.568. The van der Waals surface area contributed by atoms with E-state index in [1.54, 1.807) is 44.0 Å². The van der Waals surface area contributed by atoms with Crippen LogP contribution in [0.25, 0.3) is 0 Å². The Bertz CT molecular complexity index is 962. The molecule has 0 radical (unpaired) electrons. The molecule has 2 N–H and O–H groups in total. The maximum absolute atomic E-state index is 12.6. The first kappa shape index (κ1) is 24.1. The number of thiophene rings is 1.